The van der Waals surface area contributed by atoms with Crippen LogP contribution in [0.15, 0.2) is 36.5 Å². The van der Waals surface area contributed by atoms with Crippen molar-refractivity contribution in [2.45, 2.75) is 38.6 Å². The minimum absolute atomic E-state index is 0.0388. The third kappa shape index (κ3) is 3.50. The lowest BCUT2D eigenvalue weighted by molar-refractivity contribution is -0.135. The van der Waals surface area contributed by atoms with Crippen LogP contribution in [-0.2, 0) is 9.59 Å². The summed E-state index contributed by atoms with van der Waals surface area (Å²) in [4.78, 5) is 30.3. The van der Waals surface area contributed by atoms with Gasteiger partial charge in [0, 0.05) is 24.5 Å². The number of carbonyl (C=O) groups excluding carboxylic acids is 2. The average molecular weight is 311 g/mol. The number of aromatic nitrogens is 1. The molecule has 1 fully saturated rings. The summed E-state index contributed by atoms with van der Waals surface area (Å²) in [5.74, 6) is -0.214. The predicted octanol–water partition coefficient (Wildman–Crippen LogP) is 2.96. The van der Waals surface area contributed by atoms with Crippen molar-refractivity contribution in [3.63, 3.8) is 0 Å². The third-order valence-electron chi connectivity index (χ3n) is 4.39. The summed E-state index contributed by atoms with van der Waals surface area (Å²) in [6, 6.07) is 9.70. The number of hydrogen-bond acceptors (Lipinski definition) is 3. The van der Waals surface area contributed by atoms with Crippen LogP contribution in [-0.4, -0.2) is 34.3 Å². The molecular formula is C18H21N3O2. The molecule has 5 nitrogen and oxygen atoms in total. The Hall–Kier alpha value is -2.43. The molecular weight excluding hydrogens is 290 g/mol. The van der Waals surface area contributed by atoms with E-state index in [9.17, 15) is 9.59 Å². The van der Waals surface area contributed by atoms with Crippen molar-refractivity contribution >= 4 is 28.4 Å². The molecule has 3 rings (SSSR count). The number of nitrogens with zero attached hydrogens (tertiary/aromatic N) is 2. The molecule has 0 atom stereocenters. The smallest absolute Gasteiger partial charge is 0.244 e. The molecule has 1 aromatic carbocycles. The zero-order valence-electron chi connectivity index (χ0n) is 13.3. The monoisotopic (exact) mass is 311 g/mol. The Morgan fingerprint density at radius 3 is 2.70 bits per heavy atom. The number of hydrogen-bond donors (Lipinski definition) is 1. The molecule has 1 heterocycles. The van der Waals surface area contributed by atoms with E-state index in [1.54, 1.807) is 11.1 Å². The number of benzene rings is 1. The molecule has 1 aliphatic rings. The van der Waals surface area contributed by atoms with Crippen LogP contribution < -0.4 is 5.32 Å². The first kappa shape index (κ1) is 15.5. The number of fused-ring (bicyclic) bond motifs is 1. The van der Waals surface area contributed by atoms with Gasteiger partial charge in [-0.2, -0.15) is 0 Å². The highest BCUT2D eigenvalue weighted by Crippen LogP contribution is 2.24. The number of para-hydroxylation sites is 1. The van der Waals surface area contributed by atoms with E-state index in [1.807, 2.05) is 30.3 Å². The van der Waals surface area contributed by atoms with E-state index in [-0.39, 0.29) is 24.4 Å². The van der Waals surface area contributed by atoms with Crippen molar-refractivity contribution in [1.29, 1.82) is 0 Å². The predicted molar refractivity (Wildman–Crippen MR) is 90.0 cm³/mol. The van der Waals surface area contributed by atoms with E-state index in [0.717, 1.165) is 36.6 Å². The van der Waals surface area contributed by atoms with Crippen molar-refractivity contribution < 1.29 is 9.59 Å². The first-order chi connectivity index (χ1) is 11.1. The largest absolute Gasteiger partial charge is 0.331 e. The molecule has 1 N–H and O–H groups in total. The summed E-state index contributed by atoms with van der Waals surface area (Å²) < 4.78 is 0. The molecule has 23 heavy (non-hydrogen) atoms. The van der Waals surface area contributed by atoms with Crippen LogP contribution in [0.2, 0.25) is 0 Å². The van der Waals surface area contributed by atoms with E-state index in [2.05, 4.69) is 10.3 Å². The molecule has 5 heteroatoms. The molecule has 1 aliphatic carbocycles. The fourth-order valence-corrected chi connectivity index (χ4v) is 3.26. The number of carbonyl (C=O) groups is 2. The summed E-state index contributed by atoms with van der Waals surface area (Å²) in [6.07, 6.45) is 5.94. The summed E-state index contributed by atoms with van der Waals surface area (Å²) >= 11 is 0. The van der Waals surface area contributed by atoms with Crippen LogP contribution in [0.1, 0.15) is 32.6 Å². The topological polar surface area (TPSA) is 62.3 Å². The summed E-state index contributed by atoms with van der Waals surface area (Å²) in [6.45, 7) is 1.63. The molecule has 0 aliphatic heterocycles. The Kier molecular flexibility index (Phi) is 4.55. The highest BCUT2D eigenvalue weighted by Gasteiger charge is 2.26. The van der Waals surface area contributed by atoms with Gasteiger partial charge in [-0.25, -0.2) is 0 Å². The molecule has 0 spiro atoms. The van der Waals surface area contributed by atoms with Gasteiger partial charge in [0.25, 0.3) is 0 Å². The molecule has 1 saturated carbocycles. The molecule has 1 aromatic heterocycles. The maximum absolute atomic E-state index is 12.4. The van der Waals surface area contributed by atoms with Crippen LogP contribution in [0.25, 0.3) is 10.9 Å². The highest BCUT2D eigenvalue weighted by atomic mass is 16.2. The normalized spacial score (nSPS) is 14.8. The molecule has 120 valence electrons. The first-order valence-electron chi connectivity index (χ1n) is 8.06. The van der Waals surface area contributed by atoms with E-state index in [1.165, 1.54) is 6.92 Å². The van der Waals surface area contributed by atoms with Crippen LogP contribution in [0, 0.1) is 0 Å². The average Bonchev–Trinajstić information content (AvgIpc) is 3.07. The van der Waals surface area contributed by atoms with E-state index in [4.69, 9.17) is 0 Å². The Bertz CT molecular complexity index is 718. The second-order valence-electron chi connectivity index (χ2n) is 6.01. The molecule has 0 bridgehead atoms. The van der Waals surface area contributed by atoms with Gasteiger partial charge in [0.15, 0.2) is 0 Å². The van der Waals surface area contributed by atoms with Crippen molar-refractivity contribution in [3.05, 3.63) is 36.5 Å². The Labute approximate surface area is 135 Å². The van der Waals surface area contributed by atoms with E-state index in [0.29, 0.717) is 5.69 Å². The van der Waals surface area contributed by atoms with Gasteiger partial charge in [0.05, 0.1) is 11.2 Å². The Balaban J connectivity index is 1.73. The highest BCUT2D eigenvalue weighted by molar-refractivity contribution is 6.01. The number of nitrogens with one attached hydrogen (secondary N) is 1. The maximum atomic E-state index is 12.4. The van der Waals surface area contributed by atoms with Gasteiger partial charge in [-0.05, 0) is 25.0 Å². The summed E-state index contributed by atoms with van der Waals surface area (Å²) in [7, 11) is 0. The van der Waals surface area contributed by atoms with Gasteiger partial charge >= 0.3 is 0 Å². The van der Waals surface area contributed by atoms with Gasteiger partial charge in [-0.15, -0.1) is 0 Å². The summed E-state index contributed by atoms with van der Waals surface area (Å²) in [5, 5.41) is 3.87. The fraction of sp³-hybridized carbons (Fsp3) is 0.389. The van der Waals surface area contributed by atoms with Gasteiger partial charge in [0.2, 0.25) is 11.8 Å². The van der Waals surface area contributed by atoms with Crippen molar-refractivity contribution in [3.8, 4) is 0 Å². The lowest BCUT2D eigenvalue weighted by Crippen LogP contribution is -2.42. The second kappa shape index (κ2) is 6.77. The molecule has 0 saturated heterocycles. The Morgan fingerprint density at radius 1 is 1.22 bits per heavy atom. The van der Waals surface area contributed by atoms with Crippen molar-refractivity contribution in [2.24, 2.45) is 0 Å². The van der Waals surface area contributed by atoms with Gasteiger partial charge in [0.1, 0.15) is 6.54 Å². The number of anilines is 1. The zero-order chi connectivity index (χ0) is 16.2. The fourth-order valence-electron chi connectivity index (χ4n) is 3.26. The Morgan fingerprint density at radius 2 is 1.96 bits per heavy atom. The molecule has 0 unspecified atom stereocenters. The number of rotatable bonds is 4. The van der Waals surface area contributed by atoms with Crippen LogP contribution >= 0.6 is 0 Å². The van der Waals surface area contributed by atoms with E-state index >= 15 is 0 Å². The molecule has 2 aromatic rings. The second-order valence-corrected chi connectivity index (χ2v) is 6.01. The molecule has 2 amide bonds. The third-order valence-corrected chi connectivity index (χ3v) is 4.39. The lowest BCUT2D eigenvalue weighted by Gasteiger charge is -2.27. The molecule has 0 radical (unpaired) electrons. The van der Waals surface area contributed by atoms with E-state index < -0.39 is 0 Å². The van der Waals surface area contributed by atoms with Crippen molar-refractivity contribution in [2.75, 3.05) is 11.9 Å². The van der Waals surface area contributed by atoms with Crippen LogP contribution in [0.3, 0.4) is 0 Å². The van der Waals surface area contributed by atoms with Crippen LogP contribution in [0.5, 0.6) is 0 Å². The van der Waals surface area contributed by atoms with Crippen LogP contribution in [0.4, 0.5) is 5.69 Å². The standard InChI is InChI=1S/C18H21N3O2/c1-13(22)21(15-8-2-3-9-15)12-17(23)20-16-10-4-6-14-7-5-11-19-18(14)16/h4-7,10-11,15H,2-3,8-9,12H2,1H3,(H,20,23). The minimum atomic E-state index is -0.176. The lowest BCUT2D eigenvalue weighted by atomic mass is 10.2. The van der Waals surface area contributed by atoms with Gasteiger partial charge < -0.3 is 10.2 Å². The zero-order valence-corrected chi connectivity index (χ0v) is 13.3. The SMILES string of the molecule is CC(=O)N(CC(=O)Nc1cccc2cccnc12)C1CCCC1. The van der Waals surface area contributed by atoms with Crippen molar-refractivity contribution in [1.82, 2.24) is 9.88 Å². The quantitative estimate of drug-likeness (QED) is 0.944. The van der Waals surface area contributed by atoms with Gasteiger partial charge in [-0.1, -0.05) is 31.0 Å². The number of pyridine rings is 1. The minimum Gasteiger partial charge on any atom is -0.331 e. The first-order valence-corrected chi connectivity index (χ1v) is 8.06. The summed E-state index contributed by atoms with van der Waals surface area (Å²) in [5.41, 5.74) is 1.45. The van der Waals surface area contributed by atoms with Gasteiger partial charge in [-0.3, -0.25) is 14.6 Å². The number of amides is 2. The maximum Gasteiger partial charge on any atom is 0.244 e.